The van der Waals surface area contributed by atoms with Crippen LogP contribution in [0.1, 0.15) is 75.7 Å². The van der Waals surface area contributed by atoms with E-state index in [2.05, 4.69) is 24.1 Å². The molecule has 0 bridgehead atoms. The second kappa shape index (κ2) is 11.2. The molecule has 4 nitrogen and oxygen atoms in total. The lowest BCUT2D eigenvalue weighted by Crippen LogP contribution is -2.45. The van der Waals surface area contributed by atoms with Crippen LogP contribution in [0.25, 0.3) is 10.1 Å². The van der Waals surface area contributed by atoms with E-state index in [0.717, 1.165) is 28.5 Å². The monoisotopic (exact) mass is 401 g/mol. The highest BCUT2D eigenvalue weighted by Crippen LogP contribution is 2.34. The third-order valence-corrected chi connectivity index (χ3v) is 5.94. The maximum absolute atomic E-state index is 11.5. The molecule has 0 aliphatic rings. The number of thiophene rings is 1. The van der Waals surface area contributed by atoms with Crippen molar-refractivity contribution >= 4 is 27.3 Å². The number of hydrogen-bond acceptors (Lipinski definition) is 4. The van der Waals surface area contributed by atoms with Gasteiger partial charge in [0, 0.05) is 36.6 Å². The van der Waals surface area contributed by atoms with Crippen molar-refractivity contribution in [1.29, 1.82) is 0 Å². The zero-order valence-corrected chi connectivity index (χ0v) is 17.7. The van der Waals surface area contributed by atoms with Crippen molar-refractivity contribution in [3.05, 3.63) is 34.7 Å². The molecule has 152 valence electrons. The average Bonchev–Trinajstić information content (AvgIpc) is 3.08. The molecular formula is C23H31NO3S. The second-order valence-electron chi connectivity index (χ2n) is 7.20. The SMILES string of the molecule is CCCCCCCCC#Cc1ccc2sc(C(O)(CCO)NC(C)=O)cc2c1. The standard InChI is InChI=1S/C23H31NO3S/c1-3-4-5-6-7-8-9-10-11-19-12-13-21-20(16-19)17-22(28-21)23(27,14-15-25)24-18(2)26/h12-13,16-17,25,27H,3-9,14-15H2,1-2H3,(H,24,26). The summed E-state index contributed by atoms with van der Waals surface area (Å²) in [6.07, 6.45) is 8.56. The van der Waals surface area contributed by atoms with Crippen LogP contribution in [0.2, 0.25) is 0 Å². The first-order valence-electron chi connectivity index (χ1n) is 10.1. The number of aliphatic hydroxyl groups excluding tert-OH is 1. The van der Waals surface area contributed by atoms with Crippen molar-refractivity contribution in [1.82, 2.24) is 5.32 Å². The maximum atomic E-state index is 11.5. The fourth-order valence-electron chi connectivity index (χ4n) is 3.18. The first-order chi connectivity index (χ1) is 13.5. The fourth-order valence-corrected chi connectivity index (χ4v) is 4.30. The van der Waals surface area contributed by atoms with Gasteiger partial charge < -0.3 is 15.5 Å². The lowest BCUT2D eigenvalue weighted by Gasteiger charge is -2.26. The van der Waals surface area contributed by atoms with Gasteiger partial charge in [0.15, 0.2) is 5.72 Å². The van der Waals surface area contributed by atoms with Crippen molar-refractivity contribution in [3.8, 4) is 11.8 Å². The van der Waals surface area contributed by atoms with Gasteiger partial charge in [-0.25, -0.2) is 0 Å². The summed E-state index contributed by atoms with van der Waals surface area (Å²) in [5.41, 5.74) is -0.596. The minimum absolute atomic E-state index is 0.0460. The number of rotatable bonds is 10. The molecule has 0 fully saturated rings. The number of amides is 1. The topological polar surface area (TPSA) is 69.6 Å². The van der Waals surface area contributed by atoms with Crippen molar-refractivity contribution in [2.24, 2.45) is 0 Å². The molecule has 0 spiro atoms. The van der Waals surface area contributed by atoms with E-state index in [1.807, 2.05) is 24.3 Å². The van der Waals surface area contributed by atoms with Crippen LogP contribution < -0.4 is 5.32 Å². The maximum Gasteiger partial charge on any atom is 0.219 e. The first kappa shape index (κ1) is 22.4. The highest BCUT2D eigenvalue weighted by atomic mass is 32.1. The molecule has 1 aromatic carbocycles. The van der Waals surface area contributed by atoms with Gasteiger partial charge >= 0.3 is 0 Å². The molecule has 1 aromatic heterocycles. The van der Waals surface area contributed by atoms with Crippen LogP contribution >= 0.6 is 11.3 Å². The van der Waals surface area contributed by atoms with Gasteiger partial charge in [-0.2, -0.15) is 0 Å². The van der Waals surface area contributed by atoms with E-state index in [0.29, 0.717) is 4.88 Å². The fraction of sp³-hybridized carbons (Fsp3) is 0.522. The minimum Gasteiger partial charge on any atom is -0.396 e. The van der Waals surface area contributed by atoms with Crippen LogP contribution in [0.3, 0.4) is 0 Å². The van der Waals surface area contributed by atoms with Crippen molar-refractivity contribution in [2.45, 2.75) is 70.9 Å². The molecule has 2 aromatic rings. The number of hydrogen-bond donors (Lipinski definition) is 3. The summed E-state index contributed by atoms with van der Waals surface area (Å²) in [4.78, 5) is 12.1. The summed E-state index contributed by atoms with van der Waals surface area (Å²) >= 11 is 1.41. The Labute approximate surface area is 172 Å². The van der Waals surface area contributed by atoms with E-state index in [1.165, 1.54) is 50.4 Å². The second-order valence-corrected chi connectivity index (χ2v) is 8.28. The molecule has 0 aliphatic heterocycles. The number of benzene rings is 1. The zero-order chi connectivity index (χ0) is 20.4. The van der Waals surface area contributed by atoms with Crippen LogP contribution in [-0.4, -0.2) is 22.7 Å². The van der Waals surface area contributed by atoms with Gasteiger partial charge in [-0.15, -0.1) is 11.3 Å². The van der Waals surface area contributed by atoms with Gasteiger partial charge in [0.2, 0.25) is 5.91 Å². The number of aliphatic hydroxyl groups is 2. The van der Waals surface area contributed by atoms with Crippen LogP contribution in [0.15, 0.2) is 24.3 Å². The van der Waals surface area contributed by atoms with E-state index in [4.69, 9.17) is 0 Å². The first-order valence-corrected chi connectivity index (χ1v) is 10.9. The number of nitrogens with one attached hydrogen (secondary N) is 1. The number of carbonyl (C=O) groups excluding carboxylic acids is 1. The van der Waals surface area contributed by atoms with Gasteiger partial charge in [0.25, 0.3) is 0 Å². The predicted octanol–water partition coefficient (Wildman–Crippen LogP) is 4.67. The van der Waals surface area contributed by atoms with Gasteiger partial charge in [0.05, 0.1) is 4.88 Å². The minimum atomic E-state index is -1.55. The van der Waals surface area contributed by atoms with Crippen molar-refractivity contribution < 1.29 is 15.0 Å². The summed E-state index contributed by atoms with van der Waals surface area (Å²) in [7, 11) is 0. The quantitative estimate of drug-likeness (QED) is 0.308. The summed E-state index contributed by atoms with van der Waals surface area (Å²) in [6, 6.07) is 7.85. The number of carbonyl (C=O) groups is 1. The summed E-state index contributed by atoms with van der Waals surface area (Å²) in [6.45, 7) is 3.36. The molecule has 0 saturated carbocycles. The lowest BCUT2D eigenvalue weighted by molar-refractivity contribution is -0.128. The molecule has 3 N–H and O–H groups in total. The van der Waals surface area contributed by atoms with Crippen LogP contribution in [0.4, 0.5) is 0 Å². The molecule has 28 heavy (non-hydrogen) atoms. The van der Waals surface area contributed by atoms with Crippen LogP contribution in [0, 0.1) is 11.8 Å². The Bertz CT molecular complexity index is 833. The highest BCUT2D eigenvalue weighted by Gasteiger charge is 2.31. The van der Waals surface area contributed by atoms with Crippen molar-refractivity contribution in [3.63, 3.8) is 0 Å². The molecule has 0 aliphatic carbocycles. The molecule has 2 rings (SSSR count). The van der Waals surface area contributed by atoms with E-state index in [9.17, 15) is 15.0 Å². The van der Waals surface area contributed by atoms with Gasteiger partial charge in [-0.1, -0.05) is 50.9 Å². The number of fused-ring (bicyclic) bond motifs is 1. The summed E-state index contributed by atoms with van der Waals surface area (Å²) in [5, 5.41) is 23.6. The van der Waals surface area contributed by atoms with Gasteiger partial charge in [-0.3, -0.25) is 4.79 Å². The lowest BCUT2D eigenvalue weighted by atomic mass is 10.1. The predicted molar refractivity (Wildman–Crippen MR) is 116 cm³/mol. The zero-order valence-electron chi connectivity index (χ0n) is 16.9. The van der Waals surface area contributed by atoms with E-state index in [1.54, 1.807) is 0 Å². The summed E-state index contributed by atoms with van der Waals surface area (Å²) in [5.74, 6) is 6.14. The Kier molecular flexibility index (Phi) is 8.98. The molecular weight excluding hydrogens is 370 g/mol. The molecule has 1 atom stereocenters. The van der Waals surface area contributed by atoms with E-state index in [-0.39, 0.29) is 18.9 Å². The van der Waals surface area contributed by atoms with Gasteiger partial charge in [0.1, 0.15) is 0 Å². The third kappa shape index (κ3) is 6.63. The van der Waals surface area contributed by atoms with Crippen LogP contribution in [-0.2, 0) is 10.5 Å². The largest absolute Gasteiger partial charge is 0.396 e. The van der Waals surface area contributed by atoms with Gasteiger partial charge in [-0.05, 0) is 36.1 Å². The molecule has 1 heterocycles. The number of unbranched alkanes of at least 4 members (excludes halogenated alkanes) is 6. The highest BCUT2D eigenvalue weighted by molar-refractivity contribution is 7.19. The van der Waals surface area contributed by atoms with Crippen molar-refractivity contribution in [2.75, 3.05) is 6.61 Å². The Morgan fingerprint density at radius 2 is 1.93 bits per heavy atom. The molecule has 0 saturated heterocycles. The average molecular weight is 402 g/mol. The molecule has 5 heteroatoms. The van der Waals surface area contributed by atoms with Crippen LogP contribution in [0.5, 0.6) is 0 Å². The van der Waals surface area contributed by atoms with E-state index < -0.39 is 5.72 Å². The third-order valence-electron chi connectivity index (χ3n) is 4.67. The smallest absolute Gasteiger partial charge is 0.219 e. The Balaban J connectivity index is 2.04. The molecule has 1 unspecified atom stereocenters. The molecule has 1 amide bonds. The summed E-state index contributed by atoms with van der Waals surface area (Å²) < 4.78 is 1.01. The molecule has 0 radical (unpaired) electrons. The Hall–Kier alpha value is -1.87. The normalized spacial score (nSPS) is 13.0. The van der Waals surface area contributed by atoms with E-state index >= 15 is 0 Å². The Morgan fingerprint density at radius 3 is 2.64 bits per heavy atom. The Morgan fingerprint density at radius 1 is 1.18 bits per heavy atom.